The maximum absolute atomic E-state index is 11.1. The van der Waals surface area contributed by atoms with Crippen LogP contribution in [0.3, 0.4) is 0 Å². The van der Waals surface area contributed by atoms with Gasteiger partial charge >= 0.3 is 6.09 Å². The smallest absolute Gasteiger partial charge is 0.407 e. The summed E-state index contributed by atoms with van der Waals surface area (Å²) in [7, 11) is 0. The standard InChI is InChI=1S/C11H14Cl2N4O3/c1-6-3-17(7(5-18)4-16(6)11(19)20)8-2-9(12)14-15-10(8)13/h2,6-7,18H,3-5H2,1H3,(H,19,20)/t6-,7+/m0/s1. The quantitative estimate of drug-likeness (QED) is 0.854. The first-order valence-electron chi connectivity index (χ1n) is 5.99. The molecule has 2 N–H and O–H groups in total. The monoisotopic (exact) mass is 320 g/mol. The van der Waals surface area contributed by atoms with Crippen LogP contribution in [0.25, 0.3) is 0 Å². The minimum absolute atomic E-state index is 0.170. The summed E-state index contributed by atoms with van der Waals surface area (Å²) in [5.74, 6) is 0. The Bertz CT molecular complexity index is 516. The molecule has 7 nitrogen and oxygen atoms in total. The molecule has 0 aliphatic carbocycles. The molecule has 1 aliphatic rings. The van der Waals surface area contributed by atoms with Gasteiger partial charge in [0.1, 0.15) is 0 Å². The van der Waals surface area contributed by atoms with E-state index >= 15 is 0 Å². The normalized spacial score (nSPS) is 23.0. The number of piperazine rings is 1. The van der Waals surface area contributed by atoms with Crippen molar-refractivity contribution >= 4 is 35.0 Å². The lowest BCUT2D eigenvalue weighted by Crippen LogP contribution is -2.60. The van der Waals surface area contributed by atoms with Crippen LogP contribution in [-0.2, 0) is 0 Å². The number of aliphatic hydroxyl groups is 1. The highest BCUT2D eigenvalue weighted by atomic mass is 35.5. The van der Waals surface area contributed by atoms with Crippen LogP contribution in [0.4, 0.5) is 10.5 Å². The summed E-state index contributed by atoms with van der Waals surface area (Å²) in [6.45, 7) is 2.16. The summed E-state index contributed by atoms with van der Waals surface area (Å²) < 4.78 is 0. The number of aromatic nitrogens is 2. The Balaban J connectivity index is 2.31. The van der Waals surface area contributed by atoms with E-state index in [1.165, 1.54) is 4.90 Å². The number of carbonyl (C=O) groups is 1. The average molecular weight is 321 g/mol. The summed E-state index contributed by atoms with van der Waals surface area (Å²) >= 11 is 11.8. The second-order valence-corrected chi connectivity index (χ2v) is 5.36. The Morgan fingerprint density at radius 3 is 2.75 bits per heavy atom. The molecule has 1 aliphatic heterocycles. The van der Waals surface area contributed by atoms with Gasteiger partial charge in [-0.05, 0) is 6.92 Å². The number of carboxylic acid groups (broad SMARTS) is 1. The molecule has 1 aromatic rings. The minimum atomic E-state index is -1.01. The molecule has 2 atom stereocenters. The number of nitrogens with zero attached hydrogens (tertiary/aromatic N) is 4. The molecule has 1 aromatic heterocycles. The number of aliphatic hydroxyl groups excluding tert-OH is 1. The number of rotatable bonds is 2. The van der Waals surface area contributed by atoms with Crippen molar-refractivity contribution in [1.29, 1.82) is 0 Å². The highest BCUT2D eigenvalue weighted by Gasteiger charge is 2.35. The van der Waals surface area contributed by atoms with Crippen molar-refractivity contribution in [1.82, 2.24) is 15.1 Å². The number of amides is 1. The third-order valence-electron chi connectivity index (χ3n) is 3.31. The zero-order valence-electron chi connectivity index (χ0n) is 10.7. The van der Waals surface area contributed by atoms with Crippen molar-refractivity contribution in [3.63, 3.8) is 0 Å². The van der Waals surface area contributed by atoms with E-state index < -0.39 is 12.1 Å². The Labute approximate surface area is 125 Å². The van der Waals surface area contributed by atoms with Crippen molar-refractivity contribution in [2.75, 3.05) is 24.6 Å². The van der Waals surface area contributed by atoms with Crippen LogP contribution in [0.5, 0.6) is 0 Å². The zero-order chi connectivity index (χ0) is 14.9. The van der Waals surface area contributed by atoms with Crippen LogP contribution in [0.2, 0.25) is 10.3 Å². The Hall–Kier alpha value is -1.31. The van der Waals surface area contributed by atoms with Gasteiger partial charge in [-0.1, -0.05) is 23.2 Å². The molecule has 0 unspecified atom stereocenters. The van der Waals surface area contributed by atoms with Crippen LogP contribution in [0.1, 0.15) is 6.92 Å². The summed E-state index contributed by atoms with van der Waals surface area (Å²) in [5, 5.41) is 26.4. The van der Waals surface area contributed by atoms with Gasteiger partial charge < -0.3 is 20.0 Å². The Kier molecular flexibility index (Phi) is 4.52. The fourth-order valence-electron chi connectivity index (χ4n) is 2.30. The summed E-state index contributed by atoms with van der Waals surface area (Å²) in [4.78, 5) is 14.3. The van der Waals surface area contributed by atoms with E-state index in [0.29, 0.717) is 12.2 Å². The molecule has 1 fully saturated rings. The Morgan fingerprint density at radius 1 is 1.45 bits per heavy atom. The van der Waals surface area contributed by atoms with E-state index in [1.54, 1.807) is 13.0 Å². The number of hydrogen-bond donors (Lipinski definition) is 2. The Morgan fingerprint density at radius 2 is 2.15 bits per heavy atom. The predicted molar refractivity (Wildman–Crippen MR) is 74.5 cm³/mol. The van der Waals surface area contributed by atoms with Gasteiger partial charge in [-0.15, -0.1) is 10.2 Å². The lowest BCUT2D eigenvalue weighted by molar-refractivity contribution is 0.102. The van der Waals surface area contributed by atoms with Crippen LogP contribution in [0.15, 0.2) is 6.07 Å². The van der Waals surface area contributed by atoms with E-state index in [0.717, 1.165) is 0 Å². The van der Waals surface area contributed by atoms with Gasteiger partial charge in [-0.25, -0.2) is 4.79 Å². The van der Waals surface area contributed by atoms with Gasteiger partial charge in [-0.2, -0.15) is 0 Å². The SMILES string of the molecule is C[C@H]1CN(c2cc(Cl)nnc2Cl)[C@@H](CO)CN1C(=O)O. The van der Waals surface area contributed by atoms with Crippen molar-refractivity contribution < 1.29 is 15.0 Å². The van der Waals surface area contributed by atoms with Gasteiger partial charge in [0.25, 0.3) is 0 Å². The lowest BCUT2D eigenvalue weighted by atomic mass is 10.1. The highest BCUT2D eigenvalue weighted by Crippen LogP contribution is 2.30. The molecule has 0 aromatic carbocycles. The topological polar surface area (TPSA) is 89.8 Å². The van der Waals surface area contributed by atoms with Gasteiger partial charge in [0.15, 0.2) is 10.3 Å². The maximum atomic E-state index is 11.1. The van der Waals surface area contributed by atoms with Gasteiger partial charge in [0.2, 0.25) is 0 Å². The second kappa shape index (κ2) is 5.99. The fourth-order valence-corrected chi connectivity index (χ4v) is 2.64. The second-order valence-electron chi connectivity index (χ2n) is 4.62. The van der Waals surface area contributed by atoms with Crippen LogP contribution in [0, 0.1) is 0 Å². The third-order valence-corrected chi connectivity index (χ3v) is 3.76. The lowest BCUT2D eigenvalue weighted by Gasteiger charge is -2.44. The average Bonchev–Trinajstić information content (AvgIpc) is 2.41. The first-order valence-corrected chi connectivity index (χ1v) is 6.75. The van der Waals surface area contributed by atoms with Gasteiger partial charge in [0, 0.05) is 25.2 Å². The number of halogens is 2. The van der Waals surface area contributed by atoms with Crippen molar-refractivity contribution in [2.45, 2.75) is 19.0 Å². The van der Waals surface area contributed by atoms with Crippen molar-refractivity contribution in [3.8, 4) is 0 Å². The summed E-state index contributed by atoms with van der Waals surface area (Å²) in [6.07, 6.45) is -1.01. The molecule has 1 amide bonds. The number of anilines is 1. The molecule has 9 heteroatoms. The van der Waals surface area contributed by atoms with Gasteiger partial charge in [-0.3, -0.25) is 0 Å². The van der Waals surface area contributed by atoms with Crippen LogP contribution >= 0.6 is 23.2 Å². The molecular weight excluding hydrogens is 307 g/mol. The molecule has 1 saturated heterocycles. The summed E-state index contributed by atoms with van der Waals surface area (Å²) in [5.41, 5.74) is 0.544. The van der Waals surface area contributed by atoms with E-state index in [1.807, 2.05) is 4.90 Å². The molecule has 0 bridgehead atoms. The third kappa shape index (κ3) is 2.89. The fraction of sp³-hybridized carbons (Fsp3) is 0.545. The molecule has 2 rings (SSSR count). The molecule has 0 spiro atoms. The van der Waals surface area contributed by atoms with Crippen LogP contribution < -0.4 is 4.90 Å². The zero-order valence-corrected chi connectivity index (χ0v) is 12.2. The minimum Gasteiger partial charge on any atom is -0.465 e. The van der Waals surface area contributed by atoms with E-state index in [-0.39, 0.29) is 29.5 Å². The molecule has 0 radical (unpaired) electrons. The van der Waals surface area contributed by atoms with Crippen molar-refractivity contribution in [2.24, 2.45) is 0 Å². The number of hydrogen-bond acceptors (Lipinski definition) is 5. The highest BCUT2D eigenvalue weighted by molar-refractivity contribution is 6.33. The van der Waals surface area contributed by atoms with E-state index in [2.05, 4.69) is 10.2 Å². The molecule has 110 valence electrons. The van der Waals surface area contributed by atoms with E-state index in [4.69, 9.17) is 28.3 Å². The first kappa shape index (κ1) is 15.1. The van der Waals surface area contributed by atoms with Crippen molar-refractivity contribution in [3.05, 3.63) is 16.4 Å². The molecule has 20 heavy (non-hydrogen) atoms. The molecule has 0 saturated carbocycles. The van der Waals surface area contributed by atoms with Crippen LogP contribution in [-0.4, -0.2) is 63.2 Å². The summed E-state index contributed by atoms with van der Waals surface area (Å²) in [6, 6.07) is 0.918. The van der Waals surface area contributed by atoms with Gasteiger partial charge in [0.05, 0.1) is 18.3 Å². The first-order chi connectivity index (χ1) is 9.43. The molecule has 2 heterocycles. The largest absolute Gasteiger partial charge is 0.465 e. The molecular formula is C11H14Cl2N4O3. The van der Waals surface area contributed by atoms with E-state index in [9.17, 15) is 9.90 Å². The predicted octanol–water partition coefficient (Wildman–Crippen LogP) is 1.33. The maximum Gasteiger partial charge on any atom is 0.407 e.